The molecule has 0 unspecified atom stereocenters. The first-order valence-electron chi connectivity index (χ1n) is 7.38. The molecule has 1 atom stereocenters. The zero-order valence-electron chi connectivity index (χ0n) is 12.4. The van der Waals surface area contributed by atoms with Crippen LogP contribution >= 0.6 is 11.6 Å². The van der Waals surface area contributed by atoms with Gasteiger partial charge in [-0.15, -0.1) is 0 Å². The van der Waals surface area contributed by atoms with Gasteiger partial charge in [-0.3, -0.25) is 10.0 Å². The van der Waals surface area contributed by atoms with Crippen LogP contribution in [0, 0.1) is 0 Å². The standard InChI is InChI=1S/C18H13ClN2O3/c19-13-7-3-1-5-11(13)15-9-10-16(24-15)17-20-14-8-4-2-6-12(14)18(22)21(17)23/h1-10,17,20,23H/t17-/m1/s1. The van der Waals surface area contributed by atoms with Gasteiger partial charge in [0.25, 0.3) is 5.91 Å². The molecule has 4 rings (SSSR count). The van der Waals surface area contributed by atoms with Gasteiger partial charge in [0.2, 0.25) is 0 Å². The molecular weight excluding hydrogens is 328 g/mol. The number of fused-ring (bicyclic) bond motifs is 1. The van der Waals surface area contributed by atoms with Crippen LogP contribution in [0.25, 0.3) is 11.3 Å². The highest BCUT2D eigenvalue weighted by molar-refractivity contribution is 6.33. The van der Waals surface area contributed by atoms with E-state index >= 15 is 0 Å². The Morgan fingerprint density at radius 3 is 2.50 bits per heavy atom. The summed E-state index contributed by atoms with van der Waals surface area (Å²) in [5, 5.41) is 14.5. The molecular formula is C18H13ClN2O3. The highest BCUT2D eigenvalue weighted by Gasteiger charge is 2.34. The van der Waals surface area contributed by atoms with Gasteiger partial charge in [-0.1, -0.05) is 35.9 Å². The molecule has 1 aliphatic rings. The number of nitrogens with zero attached hydrogens (tertiary/aromatic N) is 1. The van der Waals surface area contributed by atoms with E-state index in [2.05, 4.69) is 5.32 Å². The Balaban J connectivity index is 1.71. The van der Waals surface area contributed by atoms with Crippen LogP contribution in [0.2, 0.25) is 5.02 Å². The maximum absolute atomic E-state index is 12.3. The molecule has 0 saturated heterocycles. The Morgan fingerprint density at radius 2 is 1.71 bits per heavy atom. The van der Waals surface area contributed by atoms with Crippen LogP contribution in [0.4, 0.5) is 5.69 Å². The summed E-state index contributed by atoms with van der Waals surface area (Å²) in [6.07, 6.45) is -0.802. The summed E-state index contributed by atoms with van der Waals surface area (Å²) < 4.78 is 5.82. The number of nitrogens with one attached hydrogen (secondary N) is 1. The van der Waals surface area contributed by atoms with Crippen molar-refractivity contribution in [2.45, 2.75) is 6.17 Å². The van der Waals surface area contributed by atoms with Crippen LogP contribution in [0.15, 0.2) is 65.1 Å². The van der Waals surface area contributed by atoms with E-state index in [1.165, 1.54) is 0 Å². The average molecular weight is 341 g/mol. The third-order valence-electron chi connectivity index (χ3n) is 3.94. The number of anilines is 1. The molecule has 1 aliphatic heterocycles. The second kappa shape index (κ2) is 5.70. The van der Waals surface area contributed by atoms with Crippen LogP contribution in [0.5, 0.6) is 0 Å². The minimum Gasteiger partial charge on any atom is -0.457 e. The first-order valence-corrected chi connectivity index (χ1v) is 7.75. The maximum Gasteiger partial charge on any atom is 0.281 e. The number of hydrogen-bond acceptors (Lipinski definition) is 4. The second-order valence-electron chi connectivity index (χ2n) is 5.42. The number of carbonyl (C=O) groups is 1. The number of hydrogen-bond donors (Lipinski definition) is 2. The van der Waals surface area contributed by atoms with E-state index in [1.54, 1.807) is 36.4 Å². The largest absolute Gasteiger partial charge is 0.457 e. The van der Waals surface area contributed by atoms with Crippen molar-refractivity contribution in [3.05, 3.63) is 77.0 Å². The fourth-order valence-corrected chi connectivity index (χ4v) is 2.97. The van der Waals surface area contributed by atoms with Gasteiger partial charge in [-0.25, -0.2) is 0 Å². The zero-order valence-corrected chi connectivity index (χ0v) is 13.2. The van der Waals surface area contributed by atoms with Crippen molar-refractivity contribution in [1.82, 2.24) is 5.06 Å². The Hall–Kier alpha value is -2.76. The molecule has 0 spiro atoms. The Kier molecular flexibility index (Phi) is 3.52. The van der Waals surface area contributed by atoms with Gasteiger partial charge < -0.3 is 9.73 Å². The fourth-order valence-electron chi connectivity index (χ4n) is 2.74. The first kappa shape index (κ1) is 14.8. The summed E-state index contributed by atoms with van der Waals surface area (Å²) in [5.74, 6) is 0.498. The summed E-state index contributed by atoms with van der Waals surface area (Å²) >= 11 is 6.18. The van der Waals surface area contributed by atoms with E-state index < -0.39 is 12.1 Å². The number of carbonyl (C=O) groups excluding carboxylic acids is 1. The van der Waals surface area contributed by atoms with Crippen molar-refractivity contribution in [1.29, 1.82) is 0 Å². The number of halogens is 1. The number of benzene rings is 2. The summed E-state index contributed by atoms with van der Waals surface area (Å²) in [7, 11) is 0. The van der Waals surface area contributed by atoms with Crippen molar-refractivity contribution < 1.29 is 14.4 Å². The number of amides is 1. The molecule has 2 heterocycles. The van der Waals surface area contributed by atoms with Gasteiger partial charge in [0.05, 0.1) is 10.6 Å². The molecule has 0 radical (unpaired) electrons. The topological polar surface area (TPSA) is 65.7 Å². The molecule has 1 aromatic heterocycles. The number of hydroxylamine groups is 2. The quantitative estimate of drug-likeness (QED) is 0.671. The van der Waals surface area contributed by atoms with Gasteiger partial charge in [-0.2, -0.15) is 5.06 Å². The van der Waals surface area contributed by atoms with E-state index in [4.69, 9.17) is 16.0 Å². The van der Waals surface area contributed by atoms with Crippen molar-refractivity contribution in [3.63, 3.8) is 0 Å². The lowest BCUT2D eigenvalue weighted by Crippen LogP contribution is -2.40. The molecule has 1 amide bonds. The van der Waals surface area contributed by atoms with Gasteiger partial charge in [0.1, 0.15) is 11.5 Å². The predicted molar refractivity (Wildman–Crippen MR) is 89.9 cm³/mol. The van der Waals surface area contributed by atoms with Crippen LogP contribution in [-0.2, 0) is 0 Å². The lowest BCUT2D eigenvalue weighted by Gasteiger charge is -2.31. The molecule has 0 fully saturated rings. The Labute approximate surface area is 143 Å². The first-order chi connectivity index (χ1) is 11.6. The summed E-state index contributed by atoms with van der Waals surface area (Å²) in [6.45, 7) is 0. The monoisotopic (exact) mass is 340 g/mol. The summed E-state index contributed by atoms with van der Waals surface area (Å²) in [6, 6.07) is 17.8. The van der Waals surface area contributed by atoms with Crippen LogP contribution in [0.1, 0.15) is 22.3 Å². The number of furan rings is 1. The number of rotatable bonds is 2. The molecule has 2 N–H and O–H groups in total. The van der Waals surface area contributed by atoms with Gasteiger partial charge >= 0.3 is 0 Å². The van der Waals surface area contributed by atoms with Gasteiger partial charge in [0.15, 0.2) is 6.17 Å². The van der Waals surface area contributed by atoms with Crippen LogP contribution < -0.4 is 5.32 Å². The van der Waals surface area contributed by atoms with Crippen molar-refractivity contribution in [3.8, 4) is 11.3 Å². The lowest BCUT2D eigenvalue weighted by molar-refractivity contribution is -0.0893. The molecule has 24 heavy (non-hydrogen) atoms. The Morgan fingerprint density at radius 1 is 1.00 bits per heavy atom. The molecule has 3 aromatic rings. The van der Waals surface area contributed by atoms with E-state index in [0.717, 1.165) is 5.56 Å². The van der Waals surface area contributed by atoms with Gasteiger partial charge in [-0.05, 0) is 36.4 Å². The predicted octanol–water partition coefficient (Wildman–Crippen LogP) is 4.56. The van der Waals surface area contributed by atoms with Crippen molar-refractivity contribution in [2.24, 2.45) is 0 Å². The van der Waals surface area contributed by atoms with Crippen molar-refractivity contribution >= 4 is 23.2 Å². The maximum atomic E-state index is 12.3. The van der Waals surface area contributed by atoms with E-state index in [-0.39, 0.29) is 0 Å². The van der Waals surface area contributed by atoms with E-state index in [9.17, 15) is 10.0 Å². The lowest BCUT2D eigenvalue weighted by atomic mass is 10.1. The molecule has 5 nitrogen and oxygen atoms in total. The van der Waals surface area contributed by atoms with Gasteiger partial charge in [0, 0.05) is 11.3 Å². The molecule has 0 bridgehead atoms. The molecule has 0 aliphatic carbocycles. The summed E-state index contributed by atoms with van der Waals surface area (Å²) in [5.41, 5.74) is 1.81. The second-order valence-corrected chi connectivity index (χ2v) is 5.83. The average Bonchev–Trinajstić information content (AvgIpc) is 3.08. The minimum absolute atomic E-state index is 0.411. The molecule has 6 heteroatoms. The third-order valence-corrected chi connectivity index (χ3v) is 4.27. The normalized spacial score (nSPS) is 16.7. The third kappa shape index (κ3) is 2.35. The highest BCUT2D eigenvalue weighted by atomic mass is 35.5. The molecule has 2 aromatic carbocycles. The smallest absolute Gasteiger partial charge is 0.281 e. The fraction of sp³-hybridized carbons (Fsp3) is 0.0556. The molecule has 120 valence electrons. The van der Waals surface area contributed by atoms with Crippen LogP contribution in [-0.4, -0.2) is 16.2 Å². The summed E-state index contributed by atoms with van der Waals surface area (Å²) in [4.78, 5) is 12.3. The van der Waals surface area contributed by atoms with E-state index in [1.807, 2.05) is 24.3 Å². The van der Waals surface area contributed by atoms with Crippen LogP contribution in [0.3, 0.4) is 0 Å². The number of para-hydroxylation sites is 1. The van der Waals surface area contributed by atoms with E-state index in [0.29, 0.717) is 32.9 Å². The minimum atomic E-state index is -0.802. The SMILES string of the molecule is O=C1c2ccccc2N[C@@H](c2ccc(-c3ccccc3Cl)o2)N1O. The van der Waals surface area contributed by atoms with Crippen molar-refractivity contribution in [2.75, 3.05) is 5.32 Å². The molecule has 0 saturated carbocycles. The zero-order chi connectivity index (χ0) is 16.7. The Bertz CT molecular complexity index is 922. The highest BCUT2D eigenvalue weighted by Crippen LogP contribution is 2.35.